The molecule has 0 bridgehead atoms. The van der Waals surface area contributed by atoms with Crippen LogP contribution in [-0.2, 0) is 22.5 Å². The summed E-state index contributed by atoms with van der Waals surface area (Å²) in [6, 6.07) is 24.6. The number of fused-ring (bicyclic) bond motifs is 1. The van der Waals surface area contributed by atoms with Crippen molar-refractivity contribution in [2.24, 2.45) is 0 Å². The van der Waals surface area contributed by atoms with Crippen molar-refractivity contribution in [2.45, 2.75) is 13.0 Å². The monoisotopic (exact) mass is 514 g/mol. The molecule has 4 aromatic rings. The largest absolute Gasteiger partial charge is 0.496 e. The van der Waals surface area contributed by atoms with Gasteiger partial charge in [0.05, 0.1) is 13.7 Å². The number of benzene rings is 3. The number of aromatic amines is 1. The van der Waals surface area contributed by atoms with Gasteiger partial charge in [-0.1, -0.05) is 54.6 Å². The topological polar surface area (TPSA) is 86.9 Å². The molecule has 3 aromatic carbocycles. The van der Waals surface area contributed by atoms with Gasteiger partial charge in [-0.2, -0.15) is 0 Å². The van der Waals surface area contributed by atoms with Crippen molar-refractivity contribution in [3.8, 4) is 5.75 Å². The van der Waals surface area contributed by atoms with Gasteiger partial charge in [0.15, 0.2) is 0 Å². The summed E-state index contributed by atoms with van der Waals surface area (Å²) in [5, 5.41) is 4.01. The smallest absolute Gasteiger partial charge is 0.322 e. The maximum atomic E-state index is 13.7. The van der Waals surface area contributed by atoms with E-state index in [9.17, 15) is 9.59 Å². The van der Waals surface area contributed by atoms with E-state index in [1.165, 1.54) is 4.90 Å². The maximum Gasteiger partial charge on any atom is 0.322 e. The van der Waals surface area contributed by atoms with Crippen molar-refractivity contribution in [1.29, 1.82) is 0 Å². The molecule has 2 N–H and O–H groups in total. The molecule has 8 heteroatoms. The first-order valence-corrected chi connectivity index (χ1v) is 12.6. The molecule has 3 amide bonds. The normalized spacial score (nSPS) is 10.8. The Labute approximate surface area is 223 Å². The Hall–Kier alpha value is -4.30. The van der Waals surface area contributed by atoms with E-state index in [4.69, 9.17) is 9.47 Å². The van der Waals surface area contributed by atoms with E-state index >= 15 is 0 Å². The second kappa shape index (κ2) is 13.3. The van der Waals surface area contributed by atoms with Crippen LogP contribution in [0.4, 0.5) is 10.5 Å². The Balaban J connectivity index is 1.53. The van der Waals surface area contributed by atoms with Crippen LogP contribution in [0.5, 0.6) is 5.75 Å². The Kier molecular flexibility index (Phi) is 9.37. The van der Waals surface area contributed by atoms with Gasteiger partial charge in [0, 0.05) is 55.1 Å². The molecule has 38 heavy (non-hydrogen) atoms. The van der Waals surface area contributed by atoms with Crippen LogP contribution >= 0.6 is 0 Å². The van der Waals surface area contributed by atoms with E-state index in [1.54, 1.807) is 19.1 Å². The highest BCUT2D eigenvalue weighted by Gasteiger charge is 2.23. The van der Waals surface area contributed by atoms with Gasteiger partial charge in [-0.05, 0) is 36.2 Å². The lowest BCUT2D eigenvalue weighted by atomic mass is 10.1. The van der Waals surface area contributed by atoms with Crippen molar-refractivity contribution < 1.29 is 19.1 Å². The number of hydrogen-bond donors (Lipinski definition) is 2. The number of H-pyrrole nitrogens is 1. The molecule has 0 unspecified atom stereocenters. The van der Waals surface area contributed by atoms with Gasteiger partial charge < -0.3 is 29.6 Å². The molecule has 1 aromatic heterocycles. The predicted octanol–water partition coefficient (Wildman–Crippen LogP) is 4.93. The van der Waals surface area contributed by atoms with Gasteiger partial charge in [0.25, 0.3) is 0 Å². The Morgan fingerprint density at radius 2 is 1.58 bits per heavy atom. The molecule has 0 fully saturated rings. The standard InChI is InChI=1S/C30H34N4O4/c1-37-19-18-34(30(36)32-25-11-4-3-5-12-25)22-29(35)33(21-24-10-6-9-15-28(24)38-2)17-16-23-20-31-27-14-8-7-13-26(23)27/h3-15,20,31H,16-19,21-22H2,1-2H3,(H,32,36). The number of urea groups is 1. The van der Waals surface area contributed by atoms with Gasteiger partial charge in [-0.15, -0.1) is 0 Å². The first-order chi connectivity index (χ1) is 18.6. The molecule has 0 aliphatic heterocycles. The molecular formula is C30H34N4O4. The Bertz CT molecular complexity index is 1340. The Morgan fingerprint density at radius 3 is 2.37 bits per heavy atom. The number of nitrogens with one attached hydrogen (secondary N) is 2. The lowest BCUT2D eigenvalue weighted by Crippen LogP contribution is -2.46. The molecular weight excluding hydrogens is 480 g/mol. The molecule has 198 valence electrons. The maximum absolute atomic E-state index is 13.7. The third kappa shape index (κ3) is 6.92. The van der Waals surface area contributed by atoms with E-state index < -0.39 is 0 Å². The summed E-state index contributed by atoms with van der Waals surface area (Å²) in [7, 11) is 3.20. The minimum atomic E-state index is -0.351. The number of nitrogens with zero attached hydrogens (tertiary/aromatic N) is 2. The number of para-hydroxylation sites is 3. The number of amides is 3. The third-order valence-electron chi connectivity index (χ3n) is 6.44. The van der Waals surface area contributed by atoms with Gasteiger partial charge >= 0.3 is 6.03 Å². The van der Waals surface area contributed by atoms with E-state index in [1.807, 2.05) is 79.0 Å². The quantitative estimate of drug-likeness (QED) is 0.281. The van der Waals surface area contributed by atoms with E-state index in [2.05, 4.69) is 16.4 Å². The van der Waals surface area contributed by atoms with Crippen LogP contribution < -0.4 is 10.1 Å². The molecule has 4 rings (SSSR count). The highest BCUT2D eigenvalue weighted by Crippen LogP contribution is 2.22. The summed E-state index contributed by atoms with van der Waals surface area (Å²) in [6.45, 7) is 1.37. The molecule has 1 heterocycles. The van der Waals surface area contributed by atoms with Crippen molar-refractivity contribution in [3.05, 3.63) is 96.2 Å². The molecule has 0 atom stereocenters. The zero-order valence-electron chi connectivity index (χ0n) is 21.9. The van der Waals surface area contributed by atoms with Crippen LogP contribution in [0.1, 0.15) is 11.1 Å². The molecule has 0 aliphatic carbocycles. The van der Waals surface area contributed by atoms with Crippen LogP contribution in [0, 0.1) is 0 Å². The predicted molar refractivity (Wildman–Crippen MR) is 149 cm³/mol. The highest BCUT2D eigenvalue weighted by atomic mass is 16.5. The zero-order chi connectivity index (χ0) is 26.7. The lowest BCUT2D eigenvalue weighted by molar-refractivity contribution is -0.132. The van der Waals surface area contributed by atoms with Crippen molar-refractivity contribution in [1.82, 2.24) is 14.8 Å². The number of ether oxygens (including phenoxy) is 2. The zero-order valence-corrected chi connectivity index (χ0v) is 21.9. The average Bonchev–Trinajstić information content (AvgIpc) is 3.37. The van der Waals surface area contributed by atoms with E-state index in [-0.39, 0.29) is 25.0 Å². The van der Waals surface area contributed by atoms with Crippen molar-refractivity contribution in [2.75, 3.05) is 45.8 Å². The van der Waals surface area contributed by atoms with Crippen molar-refractivity contribution in [3.63, 3.8) is 0 Å². The second-order valence-corrected chi connectivity index (χ2v) is 8.95. The summed E-state index contributed by atoms with van der Waals surface area (Å²) < 4.78 is 10.8. The average molecular weight is 515 g/mol. The fourth-order valence-electron chi connectivity index (χ4n) is 4.37. The number of anilines is 1. The number of carbonyl (C=O) groups is 2. The van der Waals surface area contributed by atoms with Gasteiger partial charge in [-0.25, -0.2) is 4.79 Å². The molecule has 0 saturated carbocycles. The molecule has 0 spiro atoms. The van der Waals surface area contributed by atoms with Gasteiger partial charge in [0.1, 0.15) is 12.3 Å². The number of carbonyl (C=O) groups excluding carboxylic acids is 2. The molecule has 0 radical (unpaired) electrons. The van der Waals surface area contributed by atoms with Crippen molar-refractivity contribution >= 4 is 28.5 Å². The Morgan fingerprint density at radius 1 is 0.842 bits per heavy atom. The molecule has 0 saturated heterocycles. The summed E-state index contributed by atoms with van der Waals surface area (Å²) in [6.07, 6.45) is 2.66. The van der Waals surface area contributed by atoms with Crippen LogP contribution in [0.25, 0.3) is 10.9 Å². The lowest BCUT2D eigenvalue weighted by Gasteiger charge is -2.28. The fraction of sp³-hybridized carbons (Fsp3) is 0.267. The van der Waals surface area contributed by atoms with Crippen LogP contribution in [0.3, 0.4) is 0 Å². The number of rotatable bonds is 12. The van der Waals surface area contributed by atoms with Gasteiger partial charge in [0.2, 0.25) is 5.91 Å². The second-order valence-electron chi connectivity index (χ2n) is 8.95. The molecule has 8 nitrogen and oxygen atoms in total. The summed E-state index contributed by atoms with van der Waals surface area (Å²) in [4.78, 5) is 33.4. The third-order valence-corrected chi connectivity index (χ3v) is 6.44. The number of methoxy groups -OCH3 is 2. The number of hydrogen-bond acceptors (Lipinski definition) is 4. The summed E-state index contributed by atoms with van der Waals surface area (Å²) >= 11 is 0. The first kappa shape index (κ1) is 26.8. The van der Waals surface area contributed by atoms with Gasteiger partial charge in [-0.3, -0.25) is 4.79 Å². The SMILES string of the molecule is COCCN(CC(=O)N(CCc1c[nH]c2ccccc12)Cc1ccccc1OC)C(=O)Nc1ccccc1. The summed E-state index contributed by atoms with van der Waals surface area (Å²) in [5.41, 5.74) is 3.77. The fourth-order valence-corrected chi connectivity index (χ4v) is 4.37. The summed E-state index contributed by atoms with van der Waals surface area (Å²) in [5.74, 6) is 0.561. The van der Waals surface area contributed by atoms with E-state index in [0.717, 1.165) is 27.8 Å². The first-order valence-electron chi connectivity index (χ1n) is 12.6. The molecule has 0 aliphatic rings. The van der Waals surface area contributed by atoms with E-state index in [0.29, 0.717) is 31.8 Å². The highest BCUT2D eigenvalue weighted by molar-refractivity contribution is 5.92. The van der Waals surface area contributed by atoms with Crippen LogP contribution in [0.15, 0.2) is 85.1 Å². The van der Waals surface area contributed by atoms with Crippen LogP contribution in [-0.4, -0.2) is 67.2 Å². The minimum absolute atomic E-state index is 0.0783. The minimum Gasteiger partial charge on any atom is -0.496 e. The number of aromatic nitrogens is 1. The van der Waals surface area contributed by atoms with Crippen LogP contribution in [0.2, 0.25) is 0 Å².